The topological polar surface area (TPSA) is 55.2 Å². The summed E-state index contributed by atoms with van der Waals surface area (Å²) in [6, 6.07) is 9.80. The van der Waals surface area contributed by atoms with Gasteiger partial charge >= 0.3 is 0 Å². The summed E-state index contributed by atoms with van der Waals surface area (Å²) < 4.78 is 6.99. The summed E-state index contributed by atoms with van der Waals surface area (Å²) in [5.41, 5.74) is 2.75. The third-order valence-corrected chi connectivity index (χ3v) is 2.64. The summed E-state index contributed by atoms with van der Waals surface area (Å²) >= 11 is 0. The maximum absolute atomic E-state index is 5.33. The van der Waals surface area contributed by atoms with Gasteiger partial charge in [0.05, 0.1) is 12.8 Å². The second-order valence-corrected chi connectivity index (χ2v) is 3.80. The third kappa shape index (κ3) is 1.56. The Hall–Kier alpha value is -2.30. The molecule has 0 aliphatic heterocycles. The first kappa shape index (κ1) is 9.89. The Balaban J connectivity index is 2.16. The number of rotatable bonds is 2. The van der Waals surface area contributed by atoms with Gasteiger partial charge in [0, 0.05) is 11.6 Å². The van der Waals surface area contributed by atoms with Crippen molar-refractivity contribution in [2.45, 2.75) is 6.92 Å². The number of nitrogens with zero attached hydrogens (tertiary/aromatic N) is 3. The normalized spacial score (nSPS) is 10.9. The van der Waals surface area contributed by atoms with Crippen molar-refractivity contribution in [3.8, 4) is 17.0 Å². The van der Waals surface area contributed by atoms with Crippen molar-refractivity contribution in [2.24, 2.45) is 0 Å². The molecule has 0 spiro atoms. The SMILES string of the molecule is COc1ccccc1-c1cc2nc(C)nn2[nH]1. The van der Waals surface area contributed by atoms with Gasteiger partial charge in [-0.1, -0.05) is 12.1 Å². The zero-order valence-corrected chi connectivity index (χ0v) is 9.64. The van der Waals surface area contributed by atoms with Crippen LogP contribution in [-0.4, -0.2) is 26.9 Å². The van der Waals surface area contributed by atoms with Gasteiger partial charge in [-0.3, -0.25) is 5.10 Å². The van der Waals surface area contributed by atoms with Gasteiger partial charge in [-0.25, -0.2) is 4.98 Å². The molecule has 17 heavy (non-hydrogen) atoms. The molecule has 0 radical (unpaired) electrons. The fraction of sp³-hybridized carbons (Fsp3) is 0.167. The minimum Gasteiger partial charge on any atom is -0.496 e. The molecule has 5 heteroatoms. The van der Waals surface area contributed by atoms with E-state index in [0.717, 1.165) is 28.5 Å². The predicted octanol–water partition coefficient (Wildman–Crippen LogP) is 2.04. The van der Waals surface area contributed by atoms with Crippen LogP contribution in [0.25, 0.3) is 16.9 Å². The Morgan fingerprint density at radius 3 is 2.88 bits per heavy atom. The van der Waals surface area contributed by atoms with E-state index in [9.17, 15) is 0 Å². The highest BCUT2D eigenvalue weighted by molar-refractivity contribution is 5.70. The Labute approximate surface area is 98.0 Å². The quantitative estimate of drug-likeness (QED) is 0.730. The molecule has 0 saturated heterocycles. The monoisotopic (exact) mass is 228 g/mol. The number of benzene rings is 1. The van der Waals surface area contributed by atoms with Gasteiger partial charge < -0.3 is 4.74 Å². The molecule has 86 valence electrons. The first-order valence-electron chi connectivity index (χ1n) is 5.34. The number of nitrogens with one attached hydrogen (secondary N) is 1. The summed E-state index contributed by atoms with van der Waals surface area (Å²) in [4.78, 5) is 4.29. The predicted molar refractivity (Wildman–Crippen MR) is 64.1 cm³/mol. The first-order valence-corrected chi connectivity index (χ1v) is 5.34. The molecule has 0 saturated carbocycles. The molecule has 3 rings (SSSR count). The molecule has 2 heterocycles. The Kier molecular flexibility index (Phi) is 2.11. The van der Waals surface area contributed by atoms with E-state index in [0.29, 0.717) is 0 Å². The standard InChI is InChI=1S/C12H12N4O/c1-8-13-12-7-10(15-16(12)14-8)9-5-3-4-6-11(9)17-2/h3-7,15H,1-2H3. The molecular weight excluding hydrogens is 216 g/mol. The number of aromatic nitrogens is 4. The van der Waals surface area contributed by atoms with Crippen LogP contribution in [0.3, 0.4) is 0 Å². The molecule has 2 aromatic heterocycles. The van der Waals surface area contributed by atoms with Crippen LogP contribution in [0.1, 0.15) is 5.82 Å². The number of H-pyrrole nitrogens is 1. The second kappa shape index (κ2) is 3.62. The van der Waals surface area contributed by atoms with Crippen molar-refractivity contribution in [2.75, 3.05) is 7.11 Å². The van der Waals surface area contributed by atoms with E-state index < -0.39 is 0 Å². The lowest BCUT2D eigenvalue weighted by Crippen LogP contribution is -1.90. The smallest absolute Gasteiger partial charge is 0.176 e. The Morgan fingerprint density at radius 2 is 2.12 bits per heavy atom. The third-order valence-electron chi connectivity index (χ3n) is 2.64. The van der Waals surface area contributed by atoms with Crippen LogP contribution in [0.15, 0.2) is 30.3 Å². The summed E-state index contributed by atoms with van der Waals surface area (Å²) in [6.45, 7) is 1.86. The summed E-state index contributed by atoms with van der Waals surface area (Å²) in [5, 5.41) is 7.39. The van der Waals surface area contributed by atoms with Gasteiger partial charge in [-0.05, 0) is 19.1 Å². The van der Waals surface area contributed by atoms with Crippen LogP contribution in [0.5, 0.6) is 5.75 Å². The van der Waals surface area contributed by atoms with E-state index in [1.807, 2.05) is 37.3 Å². The van der Waals surface area contributed by atoms with Crippen LogP contribution in [0.2, 0.25) is 0 Å². The zero-order chi connectivity index (χ0) is 11.8. The average molecular weight is 228 g/mol. The lowest BCUT2D eigenvalue weighted by Gasteiger charge is -2.05. The first-order chi connectivity index (χ1) is 8.28. The number of hydrogen-bond acceptors (Lipinski definition) is 3. The molecular formula is C12H12N4O. The van der Waals surface area contributed by atoms with E-state index in [4.69, 9.17) is 4.74 Å². The van der Waals surface area contributed by atoms with Crippen molar-refractivity contribution < 1.29 is 4.74 Å². The number of ether oxygens (including phenoxy) is 1. The van der Waals surface area contributed by atoms with Crippen molar-refractivity contribution in [3.05, 3.63) is 36.2 Å². The molecule has 3 aromatic rings. The zero-order valence-electron chi connectivity index (χ0n) is 9.64. The molecule has 0 atom stereocenters. The minimum atomic E-state index is 0.753. The fourth-order valence-electron chi connectivity index (χ4n) is 1.89. The highest BCUT2D eigenvalue weighted by Gasteiger charge is 2.09. The minimum absolute atomic E-state index is 0.753. The van der Waals surface area contributed by atoms with Crippen molar-refractivity contribution in [3.63, 3.8) is 0 Å². The van der Waals surface area contributed by atoms with Crippen LogP contribution in [0.4, 0.5) is 0 Å². The maximum Gasteiger partial charge on any atom is 0.176 e. The number of methoxy groups -OCH3 is 1. The van der Waals surface area contributed by atoms with Crippen molar-refractivity contribution in [1.82, 2.24) is 19.8 Å². The van der Waals surface area contributed by atoms with Gasteiger partial charge in [0.25, 0.3) is 0 Å². The number of fused-ring (bicyclic) bond motifs is 1. The van der Waals surface area contributed by atoms with E-state index in [1.165, 1.54) is 0 Å². The summed E-state index contributed by atoms with van der Waals surface area (Å²) in [5.74, 6) is 1.58. The fourth-order valence-corrected chi connectivity index (χ4v) is 1.89. The molecule has 1 N–H and O–H groups in total. The molecule has 0 fully saturated rings. The largest absolute Gasteiger partial charge is 0.496 e. The van der Waals surface area contributed by atoms with E-state index in [2.05, 4.69) is 15.2 Å². The van der Waals surface area contributed by atoms with Gasteiger partial charge in [0.2, 0.25) is 0 Å². The molecule has 1 aromatic carbocycles. The van der Waals surface area contributed by atoms with Gasteiger partial charge in [0.1, 0.15) is 11.6 Å². The van der Waals surface area contributed by atoms with Crippen LogP contribution < -0.4 is 4.74 Å². The van der Waals surface area contributed by atoms with Gasteiger partial charge in [0.15, 0.2) is 5.65 Å². The lowest BCUT2D eigenvalue weighted by molar-refractivity contribution is 0.416. The average Bonchev–Trinajstić information content (AvgIpc) is 2.86. The van der Waals surface area contributed by atoms with Crippen molar-refractivity contribution in [1.29, 1.82) is 0 Å². The van der Waals surface area contributed by atoms with Crippen LogP contribution in [-0.2, 0) is 0 Å². The number of aromatic amines is 1. The van der Waals surface area contributed by atoms with Gasteiger partial charge in [-0.2, -0.15) is 4.63 Å². The highest BCUT2D eigenvalue weighted by Crippen LogP contribution is 2.28. The molecule has 0 unspecified atom stereocenters. The van der Waals surface area contributed by atoms with E-state index in [1.54, 1.807) is 11.7 Å². The van der Waals surface area contributed by atoms with Crippen LogP contribution >= 0.6 is 0 Å². The number of para-hydroxylation sites is 1. The molecule has 0 aliphatic carbocycles. The van der Waals surface area contributed by atoms with Crippen molar-refractivity contribution >= 4 is 5.65 Å². The van der Waals surface area contributed by atoms with E-state index >= 15 is 0 Å². The summed E-state index contributed by atoms with van der Waals surface area (Å²) in [6.07, 6.45) is 0. The number of hydrogen-bond donors (Lipinski definition) is 1. The highest BCUT2D eigenvalue weighted by atomic mass is 16.5. The van der Waals surface area contributed by atoms with Crippen LogP contribution in [0, 0.1) is 6.92 Å². The molecule has 0 bridgehead atoms. The lowest BCUT2D eigenvalue weighted by atomic mass is 10.1. The maximum atomic E-state index is 5.33. The van der Waals surface area contributed by atoms with E-state index in [-0.39, 0.29) is 0 Å². The molecule has 5 nitrogen and oxygen atoms in total. The Bertz CT molecular complexity index is 637. The molecule has 0 amide bonds. The second-order valence-electron chi connectivity index (χ2n) is 3.80. The number of aryl methyl sites for hydroxylation is 1. The summed E-state index contributed by atoms with van der Waals surface area (Å²) in [7, 11) is 1.66. The molecule has 0 aliphatic rings. The Morgan fingerprint density at radius 1 is 1.29 bits per heavy atom. The van der Waals surface area contributed by atoms with Gasteiger partial charge in [-0.15, -0.1) is 5.10 Å².